The largest absolute Gasteiger partial charge is 0.459 e. The Balaban J connectivity index is 2.27. The fourth-order valence-electron chi connectivity index (χ4n) is 2.03. The standard InChI is InChI=1S/C12H23INO2/c1-12(2,13)11(15)16-10-9-14(3)7-5-4-6-8-14/h4-10H2,1-3H3/q+1. The third kappa shape index (κ3) is 4.57. The molecule has 4 heteroatoms. The van der Waals surface area contributed by atoms with Crippen molar-refractivity contribution in [1.82, 2.24) is 0 Å². The number of likely N-dealkylation sites (N-methyl/N-ethyl adjacent to an activating group) is 1. The number of hydrogen-bond acceptors (Lipinski definition) is 2. The molecule has 0 spiro atoms. The van der Waals surface area contributed by atoms with Crippen LogP contribution in [-0.4, -0.2) is 47.2 Å². The molecule has 1 aliphatic rings. The summed E-state index contributed by atoms with van der Waals surface area (Å²) in [7, 11) is 2.27. The Bertz CT molecular complexity index is 242. The maximum absolute atomic E-state index is 11.6. The number of quaternary nitrogens is 1. The Morgan fingerprint density at radius 2 is 1.88 bits per heavy atom. The number of piperidine rings is 1. The van der Waals surface area contributed by atoms with Gasteiger partial charge in [0, 0.05) is 0 Å². The third-order valence-corrected chi connectivity index (χ3v) is 3.69. The molecule has 1 aliphatic heterocycles. The highest BCUT2D eigenvalue weighted by Gasteiger charge is 2.28. The first kappa shape index (κ1) is 14.2. The van der Waals surface area contributed by atoms with E-state index in [4.69, 9.17) is 4.74 Å². The zero-order chi connectivity index (χ0) is 12.2. The molecule has 0 aromatic heterocycles. The van der Waals surface area contributed by atoms with Crippen molar-refractivity contribution in [2.75, 3.05) is 33.3 Å². The minimum atomic E-state index is -0.405. The molecule has 0 radical (unpaired) electrons. The van der Waals surface area contributed by atoms with Gasteiger partial charge in [0.05, 0.1) is 20.1 Å². The zero-order valence-electron chi connectivity index (χ0n) is 10.6. The van der Waals surface area contributed by atoms with Gasteiger partial charge in [0.1, 0.15) is 16.6 Å². The lowest BCUT2D eigenvalue weighted by Crippen LogP contribution is -2.50. The van der Waals surface area contributed by atoms with Crippen LogP contribution in [0.3, 0.4) is 0 Å². The van der Waals surface area contributed by atoms with Gasteiger partial charge in [-0.05, 0) is 33.1 Å². The van der Waals surface area contributed by atoms with Crippen molar-refractivity contribution in [3.63, 3.8) is 0 Å². The van der Waals surface area contributed by atoms with Gasteiger partial charge in [0.15, 0.2) is 0 Å². The van der Waals surface area contributed by atoms with Gasteiger partial charge < -0.3 is 9.22 Å². The molecule has 1 rings (SSSR count). The van der Waals surface area contributed by atoms with Gasteiger partial charge in [-0.1, -0.05) is 22.6 Å². The van der Waals surface area contributed by atoms with Crippen molar-refractivity contribution < 1.29 is 14.0 Å². The van der Waals surface area contributed by atoms with Crippen LogP contribution in [0.1, 0.15) is 33.1 Å². The summed E-state index contributed by atoms with van der Waals surface area (Å²) in [6.07, 6.45) is 3.97. The number of rotatable bonds is 4. The van der Waals surface area contributed by atoms with Crippen molar-refractivity contribution in [1.29, 1.82) is 0 Å². The van der Waals surface area contributed by atoms with Crippen LogP contribution < -0.4 is 0 Å². The van der Waals surface area contributed by atoms with E-state index >= 15 is 0 Å². The lowest BCUT2D eigenvalue weighted by Gasteiger charge is -2.37. The summed E-state index contributed by atoms with van der Waals surface area (Å²) in [6, 6.07) is 0. The summed E-state index contributed by atoms with van der Waals surface area (Å²) in [6.45, 7) is 7.73. The van der Waals surface area contributed by atoms with Crippen LogP contribution in [0.2, 0.25) is 0 Å². The van der Waals surface area contributed by atoms with Crippen molar-refractivity contribution in [2.24, 2.45) is 0 Å². The predicted octanol–water partition coefficient (Wildman–Crippen LogP) is 2.37. The van der Waals surface area contributed by atoms with Gasteiger partial charge in [-0.2, -0.15) is 0 Å². The van der Waals surface area contributed by atoms with Crippen LogP contribution in [0.25, 0.3) is 0 Å². The molecule has 0 aromatic carbocycles. The van der Waals surface area contributed by atoms with E-state index in [1.54, 1.807) is 0 Å². The second-order valence-electron chi connectivity index (χ2n) is 5.46. The maximum Gasteiger partial charge on any atom is 0.321 e. The first-order valence-electron chi connectivity index (χ1n) is 6.03. The van der Waals surface area contributed by atoms with E-state index in [2.05, 4.69) is 29.6 Å². The molecule has 16 heavy (non-hydrogen) atoms. The molecule has 3 nitrogen and oxygen atoms in total. The van der Waals surface area contributed by atoms with Crippen LogP contribution in [0.4, 0.5) is 0 Å². The van der Waals surface area contributed by atoms with E-state index in [0.29, 0.717) is 6.61 Å². The normalized spacial score (nSPS) is 20.5. The molecular formula is C12H23INO2+. The second kappa shape index (κ2) is 5.67. The average Bonchev–Trinajstić information content (AvgIpc) is 2.17. The highest BCUT2D eigenvalue weighted by atomic mass is 127. The minimum absolute atomic E-state index is 0.100. The molecule has 1 saturated heterocycles. The number of esters is 1. The van der Waals surface area contributed by atoms with Crippen LogP contribution in [0.15, 0.2) is 0 Å². The van der Waals surface area contributed by atoms with Crippen LogP contribution >= 0.6 is 22.6 Å². The monoisotopic (exact) mass is 340 g/mol. The maximum atomic E-state index is 11.6. The number of ether oxygens (including phenoxy) is 1. The van der Waals surface area contributed by atoms with Gasteiger partial charge in [-0.3, -0.25) is 4.79 Å². The molecular weight excluding hydrogens is 317 g/mol. The zero-order valence-corrected chi connectivity index (χ0v) is 12.7. The second-order valence-corrected chi connectivity index (χ2v) is 8.16. The number of carbonyl (C=O) groups excluding carboxylic acids is 1. The molecule has 0 atom stereocenters. The van der Waals surface area contributed by atoms with E-state index < -0.39 is 3.42 Å². The van der Waals surface area contributed by atoms with Crippen molar-refractivity contribution in [3.8, 4) is 0 Å². The number of alkyl halides is 1. The molecule has 1 heterocycles. The van der Waals surface area contributed by atoms with Crippen LogP contribution in [-0.2, 0) is 9.53 Å². The molecule has 0 aliphatic carbocycles. The minimum Gasteiger partial charge on any atom is -0.459 e. The summed E-state index contributed by atoms with van der Waals surface area (Å²) in [4.78, 5) is 11.6. The van der Waals surface area contributed by atoms with Crippen LogP contribution in [0.5, 0.6) is 0 Å². The van der Waals surface area contributed by atoms with Crippen molar-refractivity contribution >= 4 is 28.6 Å². The van der Waals surface area contributed by atoms with Gasteiger partial charge in [-0.15, -0.1) is 0 Å². The molecule has 0 aromatic rings. The van der Waals surface area contributed by atoms with E-state index in [1.807, 2.05) is 13.8 Å². The number of nitrogens with zero attached hydrogens (tertiary/aromatic N) is 1. The Morgan fingerprint density at radius 1 is 1.31 bits per heavy atom. The summed E-state index contributed by atoms with van der Waals surface area (Å²) >= 11 is 2.12. The molecule has 0 saturated carbocycles. The first-order chi connectivity index (χ1) is 7.33. The average molecular weight is 340 g/mol. The van der Waals surface area contributed by atoms with E-state index in [1.165, 1.54) is 32.4 Å². The summed E-state index contributed by atoms with van der Waals surface area (Å²) in [5.74, 6) is -0.100. The molecule has 0 amide bonds. The number of carbonyl (C=O) groups is 1. The Morgan fingerprint density at radius 3 is 2.38 bits per heavy atom. The van der Waals surface area contributed by atoms with Crippen molar-refractivity contribution in [2.45, 2.75) is 36.5 Å². The molecule has 0 N–H and O–H groups in total. The summed E-state index contributed by atoms with van der Waals surface area (Å²) in [5, 5.41) is 0. The van der Waals surface area contributed by atoms with Gasteiger partial charge in [-0.25, -0.2) is 0 Å². The summed E-state index contributed by atoms with van der Waals surface area (Å²) in [5.41, 5.74) is 0. The van der Waals surface area contributed by atoms with Gasteiger partial charge >= 0.3 is 5.97 Å². The van der Waals surface area contributed by atoms with E-state index in [0.717, 1.165) is 11.0 Å². The molecule has 94 valence electrons. The van der Waals surface area contributed by atoms with E-state index in [-0.39, 0.29) is 5.97 Å². The van der Waals surface area contributed by atoms with Gasteiger partial charge in [0.2, 0.25) is 0 Å². The van der Waals surface area contributed by atoms with Crippen LogP contribution in [0, 0.1) is 0 Å². The number of likely N-dealkylation sites (tertiary alicyclic amines) is 1. The lowest BCUT2D eigenvalue weighted by atomic mass is 10.1. The first-order valence-corrected chi connectivity index (χ1v) is 7.11. The van der Waals surface area contributed by atoms with E-state index in [9.17, 15) is 4.79 Å². The quantitative estimate of drug-likeness (QED) is 0.340. The molecule has 1 fully saturated rings. The fourth-order valence-corrected chi connectivity index (χ4v) is 2.19. The smallest absolute Gasteiger partial charge is 0.321 e. The summed E-state index contributed by atoms with van der Waals surface area (Å²) < 4.78 is 5.97. The molecule has 0 bridgehead atoms. The SMILES string of the molecule is CC(C)(I)C(=O)OCC[N+]1(C)CCCCC1. The predicted molar refractivity (Wildman–Crippen MR) is 73.7 cm³/mol. The van der Waals surface area contributed by atoms with Gasteiger partial charge in [0.25, 0.3) is 0 Å². The highest BCUT2D eigenvalue weighted by molar-refractivity contribution is 14.1. The lowest BCUT2D eigenvalue weighted by molar-refractivity contribution is -0.914. The topological polar surface area (TPSA) is 26.3 Å². The Labute approximate surface area is 112 Å². The fraction of sp³-hybridized carbons (Fsp3) is 0.917. The van der Waals surface area contributed by atoms with Crippen molar-refractivity contribution in [3.05, 3.63) is 0 Å². The third-order valence-electron chi connectivity index (χ3n) is 3.25. The Hall–Kier alpha value is 0.160. The number of hydrogen-bond donors (Lipinski definition) is 0. The molecule has 0 unspecified atom stereocenters. The number of halogens is 1. The highest BCUT2D eigenvalue weighted by Crippen LogP contribution is 2.19. The Kier molecular flexibility index (Phi) is 5.04.